The van der Waals surface area contributed by atoms with Gasteiger partial charge in [-0.1, -0.05) is 0 Å². The van der Waals surface area contributed by atoms with Crippen molar-refractivity contribution in [3.8, 4) is 5.75 Å². The molecule has 0 atom stereocenters. The molecule has 1 aliphatic rings. The van der Waals surface area contributed by atoms with E-state index in [1.165, 1.54) is 18.5 Å². The first kappa shape index (κ1) is 14.7. The van der Waals surface area contributed by atoms with Crippen LogP contribution in [-0.4, -0.2) is 26.4 Å². The van der Waals surface area contributed by atoms with Crippen LogP contribution in [0.4, 0.5) is 23.0 Å². The van der Waals surface area contributed by atoms with E-state index in [2.05, 4.69) is 20.6 Å². The lowest BCUT2D eigenvalue weighted by atomic mass is 10.1. The van der Waals surface area contributed by atoms with Crippen LogP contribution in [-0.2, 0) is 4.79 Å². The summed E-state index contributed by atoms with van der Waals surface area (Å²) in [6.45, 7) is 3.27. The van der Waals surface area contributed by atoms with Crippen LogP contribution in [0.1, 0.15) is 13.8 Å². The maximum absolute atomic E-state index is 11.9. The molecule has 1 aromatic heterocycles. The van der Waals surface area contributed by atoms with Crippen LogP contribution in [0, 0.1) is 10.1 Å². The minimum atomic E-state index is -1.05. The Morgan fingerprint density at radius 1 is 1.26 bits per heavy atom. The fraction of sp³-hybridized carbons (Fsp3) is 0.214. The number of nitrogens with one attached hydrogen (secondary N) is 2. The predicted octanol–water partition coefficient (Wildman–Crippen LogP) is 2.24. The minimum Gasteiger partial charge on any atom is -0.470 e. The number of carbonyl (C=O) groups excluding carboxylic acids is 1. The number of anilines is 3. The number of fused-ring (bicyclic) bond motifs is 1. The van der Waals surface area contributed by atoms with E-state index in [4.69, 9.17) is 4.74 Å². The van der Waals surface area contributed by atoms with Crippen molar-refractivity contribution in [3.05, 3.63) is 40.7 Å². The first-order chi connectivity index (χ1) is 10.9. The van der Waals surface area contributed by atoms with E-state index < -0.39 is 10.5 Å². The van der Waals surface area contributed by atoms with Gasteiger partial charge in [-0.3, -0.25) is 14.9 Å². The summed E-state index contributed by atoms with van der Waals surface area (Å²) in [5, 5.41) is 16.3. The van der Waals surface area contributed by atoms with Gasteiger partial charge in [0.15, 0.2) is 17.2 Å². The molecule has 1 aromatic carbocycles. The average Bonchev–Trinajstić information content (AvgIpc) is 2.50. The van der Waals surface area contributed by atoms with Gasteiger partial charge in [-0.25, -0.2) is 9.97 Å². The summed E-state index contributed by atoms with van der Waals surface area (Å²) in [5.41, 5.74) is -0.469. The summed E-state index contributed by atoms with van der Waals surface area (Å²) < 4.78 is 5.69. The highest BCUT2D eigenvalue weighted by Crippen LogP contribution is 2.38. The summed E-state index contributed by atoms with van der Waals surface area (Å²) in [4.78, 5) is 30.1. The number of benzene rings is 1. The predicted molar refractivity (Wildman–Crippen MR) is 81.7 cm³/mol. The van der Waals surface area contributed by atoms with Gasteiger partial charge in [-0.15, -0.1) is 0 Å². The molecule has 2 aromatic rings. The molecule has 2 heterocycles. The summed E-state index contributed by atoms with van der Waals surface area (Å²) in [7, 11) is 0. The van der Waals surface area contributed by atoms with Crippen LogP contribution in [0.5, 0.6) is 5.75 Å². The largest absolute Gasteiger partial charge is 0.470 e. The first-order valence-electron chi connectivity index (χ1n) is 6.74. The third-order valence-electron chi connectivity index (χ3n) is 3.28. The van der Waals surface area contributed by atoms with Crippen LogP contribution in [0.15, 0.2) is 30.6 Å². The molecule has 0 fully saturated rings. The van der Waals surface area contributed by atoms with Gasteiger partial charge < -0.3 is 15.4 Å². The van der Waals surface area contributed by atoms with Crippen molar-refractivity contribution in [2.75, 3.05) is 10.6 Å². The Labute approximate surface area is 130 Å². The van der Waals surface area contributed by atoms with E-state index >= 15 is 0 Å². The second-order valence-corrected chi connectivity index (χ2v) is 5.40. The van der Waals surface area contributed by atoms with E-state index in [0.717, 1.165) is 0 Å². The summed E-state index contributed by atoms with van der Waals surface area (Å²) >= 11 is 0. The lowest BCUT2D eigenvalue weighted by molar-refractivity contribution is -0.384. The standard InChI is InChI=1S/C14H13N5O4/c1-14(2)13(20)18-12-10(23-14)11(15-7-16-12)17-8-3-5-9(6-4-8)19(21)22/h3-7H,1-2H3,(H2,15,16,17,18,20). The topological polar surface area (TPSA) is 119 Å². The number of non-ortho nitro benzene ring substituents is 1. The number of nitro groups is 1. The van der Waals surface area contributed by atoms with Crippen molar-refractivity contribution in [2.24, 2.45) is 0 Å². The fourth-order valence-corrected chi connectivity index (χ4v) is 2.01. The zero-order chi connectivity index (χ0) is 16.6. The molecule has 3 rings (SSSR count). The average molecular weight is 315 g/mol. The maximum atomic E-state index is 11.9. The molecule has 23 heavy (non-hydrogen) atoms. The van der Waals surface area contributed by atoms with E-state index in [1.807, 2.05) is 0 Å². The van der Waals surface area contributed by atoms with Crippen LogP contribution < -0.4 is 15.4 Å². The summed E-state index contributed by atoms with van der Waals surface area (Å²) in [5.74, 6) is 0.645. The minimum absolute atomic E-state index is 0.00934. The van der Waals surface area contributed by atoms with Crippen LogP contribution >= 0.6 is 0 Å². The highest BCUT2D eigenvalue weighted by Gasteiger charge is 2.37. The molecule has 9 heteroatoms. The third kappa shape index (κ3) is 2.76. The lowest BCUT2D eigenvalue weighted by Gasteiger charge is -2.31. The van der Waals surface area contributed by atoms with Gasteiger partial charge in [0.2, 0.25) is 5.75 Å². The Morgan fingerprint density at radius 2 is 1.96 bits per heavy atom. The number of nitro benzene ring substituents is 1. The number of hydrogen-bond donors (Lipinski definition) is 2. The Kier molecular flexibility index (Phi) is 3.32. The van der Waals surface area contributed by atoms with Gasteiger partial charge in [0.25, 0.3) is 11.6 Å². The Hall–Kier alpha value is -3.23. The molecule has 0 unspecified atom stereocenters. The number of amides is 1. The number of carbonyl (C=O) groups is 1. The lowest BCUT2D eigenvalue weighted by Crippen LogP contribution is -2.46. The molecule has 2 N–H and O–H groups in total. The summed E-state index contributed by atoms with van der Waals surface area (Å²) in [6, 6.07) is 5.86. The van der Waals surface area contributed by atoms with Gasteiger partial charge >= 0.3 is 0 Å². The molecular formula is C14H13N5O4. The van der Waals surface area contributed by atoms with Crippen molar-refractivity contribution >= 4 is 28.9 Å². The maximum Gasteiger partial charge on any atom is 0.269 e. The smallest absolute Gasteiger partial charge is 0.269 e. The Morgan fingerprint density at radius 3 is 2.61 bits per heavy atom. The van der Waals surface area contributed by atoms with Gasteiger partial charge in [-0.2, -0.15) is 0 Å². The number of rotatable bonds is 3. The molecule has 0 saturated heterocycles. The van der Waals surface area contributed by atoms with Crippen LogP contribution in [0.3, 0.4) is 0 Å². The van der Waals surface area contributed by atoms with E-state index in [1.54, 1.807) is 26.0 Å². The second kappa shape index (κ2) is 5.20. The Balaban J connectivity index is 1.91. The SMILES string of the molecule is CC1(C)Oc2c(ncnc2Nc2ccc([N+](=O)[O-])cc2)NC1=O. The zero-order valence-corrected chi connectivity index (χ0v) is 12.4. The van der Waals surface area contributed by atoms with Crippen molar-refractivity contribution in [2.45, 2.75) is 19.4 Å². The Bertz CT molecular complexity index is 788. The molecule has 0 spiro atoms. The zero-order valence-electron chi connectivity index (χ0n) is 12.4. The molecule has 118 valence electrons. The van der Waals surface area contributed by atoms with Crippen LogP contribution in [0.2, 0.25) is 0 Å². The number of aromatic nitrogens is 2. The van der Waals surface area contributed by atoms with Gasteiger partial charge in [0, 0.05) is 17.8 Å². The molecule has 0 saturated carbocycles. The normalized spacial score (nSPS) is 15.1. The molecule has 1 amide bonds. The van der Waals surface area contributed by atoms with Gasteiger partial charge in [0.05, 0.1) is 4.92 Å². The van der Waals surface area contributed by atoms with E-state index in [9.17, 15) is 14.9 Å². The molecule has 9 nitrogen and oxygen atoms in total. The molecule has 0 bridgehead atoms. The molecule has 0 radical (unpaired) electrons. The highest BCUT2D eigenvalue weighted by atomic mass is 16.6. The monoisotopic (exact) mass is 315 g/mol. The van der Waals surface area contributed by atoms with Crippen molar-refractivity contribution in [1.29, 1.82) is 0 Å². The van der Waals surface area contributed by atoms with Gasteiger partial charge in [-0.05, 0) is 26.0 Å². The quantitative estimate of drug-likeness (QED) is 0.658. The van der Waals surface area contributed by atoms with Gasteiger partial charge in [0.1, 0.15) is 6.33 Å². The molecular weight excluding hydrogens is 302 g/mol. The third-order valence-corrected chi connectivity index (χ3v) is 3.28. The van der Waals surface area contributed by atoms with Crippen LogP contribution in [0.25, 0.3) is 0 Å². The summed E-state index contributed by atoms with van der Waals surface area (Å²) in [6.07, 6.45) is 1.29. The second-order valence-electron chi connectivity index (χ2n) is 5.40. The van der Waals surface area contributed by atoms with Crippen molar-refractivity contribution < 1.29 is 14.5 Å². The number of ether oxygens (including phenoxy) is 1. The number of nitrogens with zero attached hydrogens (tertiary/aromatic N) is 3. The van der Waals surface area contributed by atoms with Crippen molar-refractivity contribution in [3.63, 3.8) is 0 Å². The number of hydrogen-bond acceptors (Lipinski definition) is 7. The van der Waals surface area contributed by atoms with E-state index in [-0.39, 0.29) is 17.4 Å². The molecule has 1 aliphatic heterocycles. The fourth-order valence-electron chi connectivity index (χ4n) is 2.01. The molecule has 0 aliphatic carbocycles. The highest BCUT2D eigenvalue weighted by molar-refractivity contribution is 6.00. The van der Waals surface area contributed by atoms with E-state index in [0.29, 0.717) is 17.3 Å². The van der Waals surface area contributed by atoms with Crippen molar-refractivity contribution in [1.82, 2.24) is 9.97 Å². The first-order valence-corrected chi connectivity index (χ1v) is 6.74.